The number of hydrogen-bond acceptors (Lipinski definition) is 6. The molecule has 0 aliphatic heterocycles. The molecule has 7 nitrogen and oxygen atoms in total. The third kappa shape index (κ3) is 5.72. The van der Waals surface area contributed by atoms with Crippen molar-refractivity contribution in [2.24, 2.45) is 0 Å². The lowest BCUT2D eigenvalue weighted by atomic mass is 9.92. The number of methoxy groups -OCH3 is 1. The molecule has 0 atom stereocenters. The molecule has 2 aromatic rings. The van der Waals surface area contributed by atoms with Crippen molar-refractivity contribution >= 4 is 5.91 Å². The van der Waals surface area contributed by atoms with E-state index in [4.69, 9.17) is 9.47 Å². The van der Waals surface area contributed by atoms with Gasteiger partial charge in [-0.25, -0.2) is 9.97 Å². The SMILES string of the molecule is COc1nccnc1OC1CCC(NC(=O)c2ccccc2OC(F)(F)F)CC1. The Balaban J connectivity index is 1.55. The quantitative estimate of drug-likeness (QED) is 0.784. The van der Waals surface area contributed by atoms with Gasteiger partial charge < -0.3 is 19.5 Å². The molecule has 1 aromatic heterocycles. The minimum Gasteiger partial charge on any atom is -0.477 e. The van der Waals surface area contributed by atoms with Gasteiger partial charge >= 0.3 is 6.36 Å². The third-order valence-electron chi connectivity index (χ3n) is 4.47. The molecule has 0 bridgehead atoms. The lowest BCUT2D eigenvalue weighted by Crippen LogP contribution is -2.40. The molecular formula is C19H20F3N3O4. The molecule has 1 aliphatic carbocycles. The molecule has 1 aromatic carbocycles. The molecular weight excluding hydrogens is 391 g/mol. The van der Waals surface area contributed by atoms with Crippen molar-refractivity contribution in [3.63, 3.8) is 0 Å². The van der Waals surface area contributed by atoms with E-state index in [0.29, 0.717) is 37.4 Å². The first kappa shape index (κ1) is 20.7. The van der Waals surface area contributed by atoms with Gasteiger partial charge in [-0.3, -0.25) is 4.79 Å². The molecule has 3 rings (SSSR count). The molecule has 1 saturated carbocycles. The van der Waals surface area contributed by atoms with Crippen LogP contribution in [0.15, 0.2) is 36.7 Å². The monoisotopic (exact) mass is 411 g/mol. The molecule has 1 amide bonds. The van der Waals surface area contributed by atoms with Crippen LogP contribution in [0.5, 0.6) is 17.5 Å². The summed E-state index contributed by atoms with van der Waals surface area (Å²) in [5.41, 5.74) is -0.160. The van der Waals surface area contributed by atoms with Crippen LogP contribution in [0.4, 0.5) is 13.2 Å². The lowest BCUT2D eigenvalue weighted by Gasteiger charge is -2.29. The number of nitrogens with one attached hydrogen (secondary N) is 1. The summed E-state index contributed by atoms with van der Waals surface area (Å²) in [4.78, 5) is 20.6. The summed E-state index contributed by atoms with van der Waals surface area (Å²) < 4.78 is 52.5. The van der Waals surface area contributed by atoms with Crippen LogP contribution in [0.1, 0.15) is 36.0 Å². The number of carbonyl (C=O) groups excluding carboxylic acids is 1. The van der Waals surface area contributed by atoms with Gasteiger partial charge in [-0.2, -0.15) is 0 Å². The predicted octanol–water partition coefficient (Wildman–Crippen LogP) is 3.50. The molecule has 1 aliphatic rings. The number of amides is 1. The van der Waals surface area contributed by atoms with Crippen LogP contribution in [0.3, 0.4) is 0 Å². The van der Waals surface area contributed by atoms with Crippen LogP contribution in [0.2, 0.25) is 0 Å². The van der Waals surface area contributed by atoms with Gasteiger partial charge in [-0.15, -0.1) is 13.2 Å². The van der Waals surface area contributed by atoms with Crippen molar-refractivity contribution in [2.45, 2.75) is 44.2 Å². The Labute approximate surface area is 165 Å². The molecule has 1 heterocycles. The molecule has 1 N–H and O–H groups in total. The first-order valence-corrected chi connectivity index (χ1v) is 9.03. The summed E-state index contributed by atoms with van der Waals surface area (Å²) in [7, 11) is 1.48. The Bertz CT molecular complexity index is 839. The van der Waals surface area contributed by atoms with Gasteiger partial charge in [0, 0.05) is 18.4 Å². The van der Waals surface area contributed by atoms with Gasteiger partial charge in [-0.1, -0.05) is 12.1 Å². The number of rotatable bonds is 6. The van der Waals surface area contributed by atoms with Gasteiger partial charge in [0.05, 0.1) is 12.7 Å². The molecule has 0 radical (unpaired) electrons. The van der Waals surface area contributed by atoms with Crippen molar-refractivity contribution in [2.75, 3.05) is 7.11 Å². The predicted molar refractivity (Wildman–Crippen MR) is 95.8 cm³/mol. The first-order valence-electron chi connectivity index (χ1n) is 9.03. The molecule has 0 spiro atoms. The normalized spacial score (nSPS) is 19.3. The number of para-hydroxylation sites is 1. The van der Waals surface area contributed by atoms with E-state index < -0.39 is 18.0 Å². The minimum atomic E-state index is -4.87. The number of hydrogen-bond donors (Lipinski definition) is 1. The molecule has 29 heavy (non-hydrogen) atoms. The molecule has 10 heteroatoms. The van der Waals surface area contributed by atoms with Gasteiger partial charge in [0.15, 0.2) is 0 Å². The molecule has 1 fully saturated rings. The van der Waals surface area contributed by atoms with E-state index >= 15 is 0 Å². The van der Waals surface area contributed by atoms with E-state index in [2.05, 4.69) is 20.0 Å². The number of alkyl halides is 3. The summed E-state index contributed by atoms with van der Waals surface area (Å²) in [5.74, 6) is -0.529. The zero-order chi connectivity index (χ0) is 20.9. The number of ether oxygens (including phenoxy) is 3. The van der Waals surface area contributed by atoms with Crippen LogP contribution in [0, 0.1) is 0 Å². The Hall–Kier alpha value is -3.04. The second kappa shape index (κ2) is 8.97. The largest absolute Gasteiger partial charge is 0.573 e. The van der Waals surface area contributed by atoms with Crippen molar-refractivity contribution in [3.8, 4) is 17.5 Å². The Morgan fingerprint density at radius 2 is 1.72 bits per heavy atom. The smallest absolute Gasteiger partial charge is 0.477 e. The number of nitrogens with zero attached hydrogens (tertiary/aromatic N) is 2. The average Bonchev–Trinajstić information content (AvgIpc) is 2.69. The zero-order valence-corrected chi connectivity index (χ0v) is 15.6. The third-order valence-corrected chi connectivity index (χ3v) is 4.47. The molecule has 0 saturated heterocycles. The highest BCUT2D eigenvalue weighted by Gasteiger charge is 2.33. The minimum absolute atomic E-state index is 0.116. The maximum Gasteiger partial charge on any atom is 0.573 e. The van der Waals surface area contributed by atoms with Crippen LogP contribution >= 0.6 is 0 Å². The molecule has 0 unspecified atom stereocenters. The number of carbonyl (C=O) groups is 1. The first-order chi connectivity index (χ1) is 13.9. The van der Waals surface area contributed by atoms with Gasteiger partial charge in [0.1, 0.15) is 11.9 Å². The highest BCUT2D eigenvalue weighted by atomic mass is 19.4. The standard InChI is InChI=1S/C19H20F3N3O4/c1-27-17-18(24-11-10-23-17)28-13-8-6-12(7-9-13)25-16(26)14-4-2-3-5-15(14)29-19(20,21)22/h2-5,10-13H,6-9H2,1H3,(H,25,26). The fourth-order valence-electron chi connectivity index (χ4n) is 3.15. The highest BCUT2D eigenvalue weighted by molar-refractivity contribution is 5.97. The fourth-order valence-corrected chi connectivity index (χ4v) is 3.15. The van der Waals surface area contributed by atoms with Crippen LogP contribution in [-0.4, -0.2) is 41.5 Å². The Morgan fingerprint density at radius 1 is 1.07 bits per heavy atom. The summed E-state index contributed by atoms with van der Waals surface area (Å²) in [6.45, 7) is 0. The zero-order valence-electron chi connectivity index (χ0n) is 15.6. The van der Waals surface area contributed by atoms with E-state index in [0.717, 1.165) is 6.07 Å². The average molecular weight is 411 g/mol. The Kier molecular flexibility index (Phi) is 6.40. The van der Waals surface area contributed by atoms with Crippen molar-refractivity contribution in [3.05, 3.63) is 42.2 Å². The van der Waals surface area contributed by atoms with Crippen molar-refractivity contribution < 1.29 is 32.2 Å². The van der Waals surface area contributed by atoms with Crippen LogP contribution < -0.4 is 19.5 Å². The second-order valence-corrected chi connectivity index (χ2v) is 6.48. The lowest BCUT2D eigenvalue weighted by molar-refractivity contribution is -0.274. The summed E-state index contributed by atoms with van der Waals surface area (Å²) in [5, 5.41) is 2.77. The second-order valence-electron chi connectivity index (χ2n) is 6.48. The van der Waals surface area contributed by atoms with Gasteiger partial charge in [0.25, 0.3) is 17.7 Å². The number of halogens is 3. The van der Waals surface area contributed by atoms with Gasteiger partial charge in [-0.05, 0) is 37.8 Å². The van der Waals surface area contributed by atoms with E-state index in [9.17, 15) is 18.0 Å². The van der Waals surface area contributed by atoms with E-state index in [1.807, 2.05) is 0 Å². The Morgan fingerprint density at radius 3 is 2.38 bits per heavy atom. The topological polar surface area (TPSA) is 82.6 Å². The maximum atomic E-state index is 12.5. The fraction of sp³-hybridized carbons (Fsp3) is 0.421. The highest BCUT2D eigenvalue weighted by Crippen LogP contribution is 2.29. The summed E-state index contributed by atoms with van der Waals surface area (Å²) in [6.07, 6.45) is 0.532. The number of aromatic nitrogens is 2. The van der Waals surface area contributed by atoms with Gasteiger partial charge in [0.2, 0.25) is 0 Å². The van der Waals surface area contributed by atoms with Crippen LogP contribution in [0.25, 0.3) is 0 Å². The van der Waals surface area contributed by atoms with Crippen LogP contribution in [-0.2, 0) is 0 Å². The van der Waals surface area contributed by atoms with E-state index in [1.54, 1.807) is 0 Å². The maximum absolute atomic E-state index is 12.5. The number of benzene rings is 1. The van der Waals surface area contributed by atoms with E-state index in [1.165, 1.54) is 37.7 Å². The van der Waals surface area contributed by atoms with Crippen molar-refractivity contribution in [1.82, 2.24) is 15.3 Å². The molecule has 156 valence electrons. The van der Waals surface area contributed by atoms with Crippen molar-refractivity contribution in [1.29, 1.82) is 0 Å². The summed E-state index contributed by atoms with van der Waals surface area (Å²) >= 11 is 0. The van der Waals surface area contributed by atoms with E-state index in [-0.39, 0.29) is 17.7 Å². The summed E-state index contributed by atoms with van der Waals surface area (Å²) in [6, 6.07) is 5.09.